The fourth-order valence-electron chi connectivity index (χ4n) is 4.06. The minimum absolute atomic E-state index is 0.260. The van der Waals surface area contributed by atoms with Crippen LogP contribution in [0.2, 0.25) is 0 Å². The molecule has 3 aromatic rings. The topological polar surface area (TPSA) is 103 Å². The highest BCUT2D eigenvalue weighted by Gasteiger charge is 2.27. The Kier molecular flexibility index (Phi) is 7.57. The number of piperidine rings is 1. The molecule has 0 saturated carbocycles. The molecule has 0 atom stereocenters. The van der Waals surface area contributed by atoms with Crippen LogP contribution in [-0.4, -0.2) is 46.2 Å². The zero-order valence-corrected chi connectivity index (χ0v) is 20.8. The molecule has 2 heterocycles. The summed E-state index contributed by atoms with van der Waals surface area (Å²) in [7, 11) is 0. The van der Waals surface area contributed by atoms with Crippen LogP contribution in [0.15, 0.2) is 54.9 Å². The second-order valence-electron chi connectivity index (χ2n) is 9.86. The van der Waals surface area contributed by atoms with Gasteiger partial charge in [0.1, 0.15) is 40.9 Å². The molecule has 1 aliphatic rings. The maximum Gasteiger partial charge on any atom is 0.410 e. The number of hydrogen-bond acceptors (Lipinski definition) is 7. The molecule has 0 unspecified atom stereocenters. The number of nitrogens with zero attached hydrogens (tertiary/aromatic N) is 3. The smallest absolute Gasteiger partial charge is 0.410 e. The maximum atomic E-state index is 13.4. The first kappa shape index (κ1) is 25.2. The fraction of sp³-hybridized carbons (Fsp3) is 0.370. The van der Waals surface area contributed by atoms with Gasteiger partial charge in [-0.2, -0.15) is 0 Å². The number of carbonyl (C=O) groups excluding carboxylic acids is 1. The molecule has 1 fully saturated rings. The van der Waals surface area contributed by atoms with Gasteiger partial charge in [-0.1, -0.05) is 18.2 Å². The summed E-state index contributed by atoms with van der Waals surface area (Å²) in [6, 6.07) is 13.3. The lowest BCUT2D eigenvalue weighted by molar-refractivity contribution is 0.0188. The number of likely N-dealkylation sites (tertiary alicyclic amines) is 1. The predicted octanol–water partition coefficient (Wildman–Crippen LogP) is 5.72. The van der Waals surface area contributed by atoms with Crippen molar-refractivity contribution in [3.63, 3.8) is 0 Å². The van der Waals surface area contributed by atoms with Crippen LogP contribution in [0.5, 0.6) is 11.5 Å². The van der Waals surface area contributed by atoms with Gasteiger partial charge in [0.25, 0.3) is 0 Å². The van der Waals surface area contributed by atoms with E-state index in [2.05, 4.69) is 15.3 Å². The Bertz CT molecular complexity index is 1190. The highest BCUT2D eigenvalue weighted by Crippen LogP contribution is 2.33. The Hall–Kier alpha value is -3.88. The number of nitrogens with one attached hydrogen (secondary N) is 1. The molecule has 3 N–H and O–H groups in total. The second-order valence-corrected chi connectivity index (χ2v) is 9.86. The fourth-order valence-corrected chi connectivity index (χ4v) is 4.06. The average Bonchev–Trinajstić information content (AvgIpc) is 2.83. The molecule has 4 rings (SSSR count). The Balaban J connectivity index is 1.38. The predicted molar refractivity (Wildman–Crippen MR) is 137 cm³/mol. The van der Waals surface area contributed by atoms with E-state index < -0.39 is 5.60 Å². The molecule has 0 aliphatic carbocycles. The molecule has 0 bridgehead atoms. The van der Waals surface area contributed by atoms with Crippen molar-refractivity contribution in [1.29, 1.82) is 0 Å². The van der Waals surface area contributed by atoms with Crippen LogP contribution in [0.25, 0.3) is 11.1 Å². The number of nitrogen functional groups attached to an aromatic ring is 1. The average molecular weight is 494 g/mol. The zero-order valence-electron chi connectivity index (χ0n) is 20.8. The van der Waals surface area contributed by atoms with E-state index in [1.165, 1.54) is 18.5 Å². The summed E-state index contributed by atoms with van der Waals surface area (Å²) in [5, 5.41) is 3.43. The summed E-state index contributed by atoms with van der Waals surface area (Å²) in [6.45, 7) is 7.64. The number of ether oxygens (including phenoxy) is 2. The number of amides is 1. The molecular weight excluding hydrogens is 461 g/mol. The van der Waals surface area contributed by atoms with Gasteiger partial charge in [-0.3, -0.25) is 0 Å². The third-order valence-electron chi connectivity index (χ3n) is 5.88. The molecule has 190 valence electrons. The van der Waals surface area contributed by atoms with Crippen molar-refractivity contribution in [2.45, 2.75) is 39.2 Å². The minimum atomic E-state index is -0.497. The molecule has 8 nitrogen and oxygen atoms in total. The molecule has 36 heavy (non-hydrogen) atoms. The van der Waals surface area contributed by atoms with Crippen LogP contribution in [-0.2, 0) is 4.74 Å². The number of anilines is 2. The van der Waals surface area contributed by atoms with Crippen LogP contribution < -0.4 is 15.8 Å². The van der Waals surface area contributed by atoms with E-state index in [1.54, 1.807) is 29.2 Å². The summed E-state index contributed by atoms with van der Waals surface area (Å²) < 4.78 is 24.6. The van der Waals surface area contributed by atoms with Crippen LogP contribution in [0.1, 0.15) is 33.6 Å². The van der Waals surface area contributed by atoms with Gasteiger partial charge in [-0.25, -0.2) is 19.2 Å². The van der Waals surface area contributed by atoms with Crippen molar-refractivity contribution >= 4 is 17.7 Å². The highest BCUT2D eigenvalue weighted by atomic mass is 19.1. The van der Waals surface area contributed by atoms with E-state index in [0.717, 1.165) is 18.4 Å². The summed E-state index contributed by atoms with van der Waals surface area (Å²) in [6.07, 6.45) is 2.92. The summed E-state index contributed by atoms with van der Waals surface area (Å²) in [4.78, 5) is 22.7. The third-order valence-corrected chi connectivity index (χ3v) is 5.88. The van der Waals surface area contributed by atoms with Gasteiger partial charge in [0.2, 0.25) is 0 Å². The zero-order chi connectivity index (χ0) is 25.7. The summed E-state index contributed by atoms with van der Waals surface area (Å²) >= 11 is 0. The highest BCUT2D eigenvalue weighted by molar-refractivity contribution is 5.83. The molecular formula is C27H32FN5O3. The molecule has 1 saturated heterocycles. The molecule has 1 aliphatic heterocycles. The first-order valence-corrected chi connectivity index (χ1v) is 12.0. The van der Waals surface area contributed by atoms with Gasteiger partial charge < -0.3 is 25.4 Å². The lowest BCUT2D eigenvalue weighted by Crippen LogP contribution is -2.42. The van der Waals surface area contributed by atoms with Crippen molar-refractivity contribution in [3.05, 3.63) is 60.7 Å². The lowest BCUT2D eigenvalue weighted by Gasteiger charge is -2.33. The summed E-state index contributed by atoms with van der Waals surface area (Å²) in [5.41, 5.74) is 7.27. The van der Waals surface area contributed by atoms with Gasteiger partial charge >= 0.3 is 6.09 Å². The Morgan fingerprint density at radius 1 is 1.11 bits per heavy atom. The number of halogens is 1. The number of nitrogens with two attached hydrogens (primary N) is 1. The van der Waals surface area contributed by atoms with Crippen molar-refractivity contribution in [2.24, 2.45) is 5.92 Å². The normalized spacial score (nSPS) is 14.4. The number of carbonyl (C=O) groups is 1. The second kappa shape index (κ2) is 10.8. The Labute approximate surface area is 210 Å². The Morgan fingerprint density at radius 3 is 2.50 bits per heavy atom. The van der Waals surface area contributed by atoms with E-state index in [-0.39, 0.29) is 11.9 Å². The number of rotatable bonds is 6. The quantitative estimate of drug-likeness (QED) is 0.453. The van der Waals surface area contributed by atoms with E-state index >= 15 is 0 Å². The number of hydrogen-bond donors (Lipinski definition) is 2. The minimum Gasteiger partial charge on any atom is -0.457 e. The Morgan fingerprint density at radius 2 is 1.83 bits per heavy atom. The third kappa shape index (κ3) is 6.62. The van der Waals surface area contributed by atoms with Crippen LogP contribution in [0.3, 0.4) is 0 Å². The van der Waals surface area contributed by atoms with Crippen molar-refractivity contribution in [1.82, 2.24) is 14.9 Å². The van der Waals surface area contributed by atoms with E-state index in [9.17, 15) is 9.18 Å². The summed E-state index contributed by atoms with van der Waals surface area (Å²) in [5.74, 6) is 2.04. The molecule has 0 radical (unpaired) electrons. The van der Waals surface area contributed by atoms with Gasteiger partial charge in [-0.15, -0.1) is 0 Å². The molecule has 9 heteroatoms. The van der Waals surface area contributed by atoms with E-state index in [4.69, 9.17) is 15.2 Å². The van der Waals surface area contributed by atoms with Gasteiger partial charge in [-0.05, 0) is 69.4 Å². The SMILES string of the molecule is CC(C)(C)OC(=O)N1CCC(CNc2ncnc(N)c2-c2ccc(Oc3cccc(F)c3)cc2)CC1. The first-order valence-electron chi connectivity index (χ1n) is 12.0. The van der Waals surface area contributed by atoms with E-state index in [0.29, 0.717) is 54.3 Å². The molecule has 1 amide bonds. The standard InChI is InChI=1S/C27H32FN5O3/c1-27(2,3)36-26(34)33-13-11-18(12-14-33)16-30-25-23(24(29)31-17-32-25)19-7-9-21(10-8-19)35-22-6-4-5-20(28)15-22/h4-10,15,17-18H,11-14,16H2,1-3H3,(H3,29,30,31,32). The van der Waals surface area contributed by atoms with Gasteiger partial charge in [0.15, 0.2) is 0 Å². The molecule has 1 aromatic heterocycles. The van der Waals surface area contributed by atoms with Gasteiger partial charge in [0, 0.05) is 25.7 Å². The number of benzene rings is 2. The lowest BCUT2D eigenvalue weighted by atomic mass is 9.97. The van der Waals surface area contributed by atoms with Crippen molar-refractivity contribution < 1.29 is 18.7 Å². The van der Waals surface area contributed by atoms with Crippen LogP contribution in [0.4, 0.5) is 20.8 Å². The van der Waals surface area contributed by atoms with E-state index in [1.807, 2.05) is 32.9 Å². The van der Waals surface area contributed by atoms with Crippen LogP contribution in [0, 0.1) is 11.7 Å². The maximum absolute atomic E-state index is 13.4. The largest absolute Gasteiger partial charge is 0.457 e. The van der Waals surface area contributed by atoms with Gasteiger partial charge in [0.05, 0.1) is 5.56 Å². The van der Waals surface area contributed by atoms with Crippen LogP contribution >= 0.6 is 0 Å². The van der Waals surface area contributed by atoms with Crippen molar-refractivity contribution in [2.75, 3.05) is 30.7 Å². The molecule has 2 aromatic carbocycles. The first-order chi connectivity index (χ1) is 17.2. The van der Waals surface area contributed by atoms with Crippen molar-refractivity contribution in [3.8, 4) is 22.6 Å². The molecule has 0 spiro atoms. The monoisotopic (exact) mass is 493 g/mol. The number of aromatic nitrogens is 2.